The van der Waals surface area contributed by atoms with Crippen molar-refractivity contribution < 1.29 is 9.53 Å². The summed E-state index contributed by atoms with van der Waals surface area (Å²) >= 11 is 18.9. The standard InChI is InChI=1S/C20H17Cl2NO2S2/c1-12(2)11-25-17-6-4-3-5-13(17)9-18-19(24)23(20(26)27-18)16-8-7-14(21)10-15(16)22/h3-10,12H,11H2,1-2H3/b18-9-. The second kappa shape index (κ2) is 8.65. The SMILES string of the molecule is CC(C)COc1ccccc1/C=C1\SC(=S)N(c2ccc(Cl)cc2Cl)C1=O. The van der Waals surface area contributed by atoms with Crippen LogP contribution in [0.15, 0.2) is 47.4 Å². The molecular formula is C20H17Cl2NO2S2. The lowest BCUT2D eigenvalue weighted by atomic mass is 10.1. The molecule has 7 heteroatoms. The molecule has 0 aliphatic carbocycles. The number of nitrogens with zero attached hydrogens (tertiary/aromatic N) is 1. The van der Waals surface area contributed by atoms with Gasteiger partial charge in [0.1, 0.15) is 5.75 Å². The van der Waals surface area contributed by atoms with E-state index in [4.69, 9.17) is 40.2 Å². The molecule has 0 unspecified atom stereocenters. The van der Waals surface area contributed by atoms with Crippen molar-refractivity contribution in [1.29, 1.82) is 0 Å². The van der Waals surface area contributed by atoms with Crippen LogP contribution in [-0.4, -0.2) is 16.8 Å². The van der Waals surface area contributed by atoms with E-state index in [0.717, 1.165) is 11.3 Å². The Morgan fingerprint density at radius 1 is 1.22 bits per heavy atom. The molecule has 1 amide bonds. The number of hydrogen-bond acceptors (Lipinski definition) is 4. The Morgan fingerprint density at radius 2 is 1.96 bits per heavy atom. The number of ether oxygens (including phenoxy) is 1. The van der Waals surface area contributed by atoms with Gasteiger partial charge in [-0.3, -0.25) is 9.69 Å². The van der Waals surface area contributed by atoms with E-state index in [-0.39, 0.29) is 5.91 Å². The van der Waals surface area contributed by atoms with Gasteiger partial charge in [0.15, 0.2) is 4.32 Å². The number of amides is 1. The Kier molecular flexibility index (Phi) is 6.48. The number of hydrogen-bond donors (Lipinski definition) is 0. The summed E-state index contributed by atoms with van der Waals surface area (Å²) in [4.78, 5) is 14.9. The second-order valence-corrected chi connectivity index (χ2v) is 8.87. The van der Waals surface area contributed by atoms with Crippen molar-refractivity contribution in [2.75, 3.05) is 11.5 Å². The lowest BCUT2D eigenvalue weighted by molar-refractivity contribution is -0.113. The zero-order valence-electron chi connectivity index (χ0n) is 14.7. The Morgan fingerprint density at radius 3 is 2.67 bits per heavy atom. The largest absolute Gasteiger partial charge is 0.493 e. The number of para-hydroxylation sites is 1. The van der Waals surface area contributed by atoms with Gasteiger partial charge in [0.25, 0.3) is 5.91 Å². The van der Waals surface area contributed by atoms with Crippen LogP contribution in [0.2, 0.25) is 10.0 Å². The van der Waals surface area contributed by atoms with Crippen LogP contribution in [0, 0.1) is 5.92 Å². The van der Waals surface area contributed by atoms with Crippen LogP contribution < -0.4 is 9.64 Å². The maximum atomic E-state index is 13.0. The molecule has 140 valence electrons. The minimum absolute atomic E-state index is 0.215. The molecule has 1 aliphatic heterocycles. The van der Waals surface area contributed by atoms with Gasteiger partial charge in [-0.05, 0) is 36.3 Å². The van der Waals surface area contributed by atoms with E-state index < -0.39 is 0 Å². The lowest BCUT2D eigenvalue weighted by Gasteiger charge is -2.16. The average Bonchev–Trinajstić information content (AvgIpc) is 2.88. The summed E-state index contributed by atoms with van der Waals surface area (Å²) in [5, 5.41) is 0.877. The molecule has 0 spiro atoms. The van der Waals surface area contributed by atoms with Crippen molar-refractivity contribution in [3.63, 3.8) is 0 Å². The predicted octanol–water partition coefficient (Wildman–Crippen LogP) is 6.43. The van der Waals surface area contributed by atoms with Gasteiger partial charge in [-0.25, -0.2) is 0 Å². The van der Waals surface area contributed by atoms with Crippen LogP contribution in [0.3, 0.4) is 0 Å². The molecule has 1 heterocycles. The number of benzene rings is 2. The fourth-order valence-electron chi connectivity index (χ4n) is 2.47. The van der Waals surface area contributed by atoms with E-state index in [1.807, 2.05) is 24.3 Å². The van der Waals surface area contributed by atoms with Gasteiger partial charge < -0.3 is 4.74 Å². The molecule has 0 atom stereocenters. The monoisotopic (exact) mass is 437 g/mol. The van der Waals surface area contributed by atoms with E-state index in [1.165, 1.54) is 16.7 Å². The van der Waals surface area contributed by atoms with Gasteiger partial charge in [-0.2, -0.15) is 0 Å². The van der Waals surface area contributed by atoms with Crippen molar-refractivity contribution >= 4 is 69.2 Å². The summed E-state index contributed by atoms with van der Waals surface area (Å²) in [5.74, 6) is 0.928. The summed E-state index contributed by atoms with van der Waals surface area (Å²) in [6.45, 7) is 4.78. The van der Waals surface area contributed by atoms with Crippen molar-refractivity contribution in [2.45, 2.75) is 13.8 Å². The Balaban J connectivity index is 1.91. The summed E-state index contributed by atoms with van der Waals surface area (Å²) in [6, 6.07) is 12.6. The second-order valence-electron chi connectivity index (χ2n) is 6.36. The first-order valence-electron chi connectivity index (χ1n) is 8.31. The first-order chi connectivity index (χ1) is 12.9. The number of thiocarbonyl (C=S) groups is 1. The van der Waals surface area contributed by atoms with E-state index in [2.05, 4.69) is 13.8 Å². The van der Waals surface area contributed by atoms with Crippen molar-refractivity contribution in [1.82, 2.24) is 0 Å². The van der Waals surface area contributed by atoms with Gasteiger partial charge in [0.2, 0.25) is 0 Å². The minimum Gasteiger partial charge on any atom is -0.493 e. The summed E-state index contributed by atoms with van der Waals surface area (Å²) in [5.41, 5.74) is 1.36. The third kappa shape index (κ3) is 4.66. The van der Waals surface area contributed by atoms with Crippen LogP contribution in [0.5, 0.6) is 5.75 Å². The molecular weight excluding hydrogens is 421 g/mol. The van der Waals surface area contributed by atoms with Crippen molar-refractivity contribution in [3.8, 4) is 5.75 Å². The predicted molar refractivity (Wildman–Crippen MR) is 119 cm³/mol. The molecule has 0 radical (unpaired) electrons. The van der Waals surface area contributed by atoms with Gasteiger partial charge in [0.05, 0.1) is 22.2 Å². The van der Waals surface area contributed by atoms with Crippen molar-refractivity contribution in [3.05, 3.63) is 63.0 Å². The minimum atomic E-state index is -0.215. The summed E-state index contributed by atoms with van der Waals surface area (Å²) < 4.78 is 6.29. The first-order valence-corrected chi connectivity index (χ1v) is 10.3. The fraction of sp³-hybridized carbons (Fsp3) is 0.200. The molecule has 1 fully saturated rings. The van der Waals surface area contributed by atoms with E-state index >= 15 is 0 Å². The Hall–Kier alpha value is -1.53. The average molecular weight is 438 g/mol. The molecule has 0 N–H and O–H groups in total. The maximum Gasteiger partial charge on any atom is 0.270 e. The number of thioether (sulfide) groups is 1. The summed E-state index contributed by atoms with van der Waals surface area (Å²) in [7, 11) is 0. The quantitative estimate of drug-likeness (QED) is 0.397. The van der Waals surface area contributed by atoms with Crippen LogP contribution >= 0.6 is 47.2 Å². The number of halogens is 2. The Bertz CT molecular complexity index is 928. The van der Waals surface area contributed by atoms with Gasteiger partial charge in [-0.15, -0.1) is 0 Å². The molecule has 3 nitrogen and oxygen atoms in total. The zero-order chi connectivity index (χ0) is 19.6. The molecule has 1 aliphatic rings. The molecule has 0 bridgehead atoms. The highest BCUT2D eigenvalue weighted by molar-refractivity contribution is 8.27. The molecule has 0 saturated carbocycles. The Labute approximate surface area is 178 Å². The van der Waals surface area contributed by atoms with Gasteiger partial charge in [0, 0.05) is 10.6 Å². The van der Waals surface area contributed by atoms with E-state index in [1.54, 1.807) is 24.3 Å². The smallest absolute Gasteiger partial charge is 0.270 e. The fourth-order valence-corrected chi connectivity index (χ4v) is 4.24. The van der Waals surface area contributed by atoms with E-state index in [0.29, 0.717) is 37.5 Å². The highest BCUT2D eigenvalue weighted by Crippen LogP contribution is 2.40. The summed E-state index contributed by atoms with van der Waals surface area (Å²) in [6.07, 6.45) is 1.80. The van der Waals surface area contributed by atoms with Crippen LogP contribution in [-0.2, 0) is 4.79 Å². The van der Waals surface area contributed by atoms with Crippen molar-refractivity contribution in [2.24, 2.45) is 5.92 Å². The van der Waals surface area contributed by atoms with Crippen LogP contribution in [0.4, 0.5) is 5.69 Å². The first kappa shape index (κ1) is 20.2. The molecule has 2 aromatic carbocycles. The highest BCUT2D eigenvalue weighted by Gasteiger charge is 2.34. The van der Waals surface area contributed by atoms with Crippen LogP contribution in [0.1, 0.15) is 19.4 Å². The topological polar surface area (TPSA) is 29.5 Å². The van der Waals surface area contributed by atoms with Crippen LogP contribution in [0.25, 0.3) is 6.08 Å². The molecule has 0 aromatic heterocycles. The number of rotatable bonds is 5. The maximum absolute atomic E-state index is 13.0. The lowest BCUT2D eigenvalue weighted by Crippen LogP contribution is -2.27. The van der Waals surface area contributed by atoms with Gasteiger partial charge in [-0.1, -0.05) is 79.2 Å². The molecule has 2 aromatic rings. The molecule has 3 rings (SSSR count). The zero-order valence-corrected chi connectivity index (χ0v) is 17.9. The third-order valence-electron chi connectivity index (χ3n) is 3.72. The normalized spacial score (nSPS) is 15.9. The molecule has 27 heavy (non-hydrogen) atoms. The van der Waals surface area contributed by atoms with E-state index in [9.17, 15) is 4.79 Å². The molecule has 1 saturated heterocycles. The number of anilines is 1. The number of carbonyl (C=O) groups is 1. The number of carbonyl (C=O) groups excluding carboxylic acids is 1. The van der Waals surface area contributed by atoms with Gasteiger partial charge >= 0.3 is 0 Å². The third-order valence-corrected chi connectivity index (χ3v) is 5.56. The highest BCUT2D eigenvalue weighted by atomic mass is 35.5.